The number of hydrogen-bond donors (Lipinski definition) is 0. The molecule has 13 heteroatoms. The smallest absolute Gasteiger partial charge is 0.206 e. The van der Waals surface area contributed by atoms with Gasteiger partial charge in [0.1, 0.15) is 5.82 Å². The lowest BCUT2D eigenvalue weighted by atomic mass is 10.1. The predicted molar refractivity (Wildman–Crippen MR) is 60.9 cm³/mol. The van der Waals surface area contributed by atoms with Gasteiger partial charge in [0.05, 0.1) is 4.90 Å². The van der Waals surface area contributed by atoms with E-state index in [4.69, 9.17) is 0 Å². The van der Waals surface area contributed by atoms with E-state index in [0.717, 1.165) is 0 Å². The van der Waals surface area contributed by atoms with Crippen molar-refractivity contribution in [2.75, 3.05) is 0 Å². The van der Waals surface area contributed by atoms with Gasteiger partial charge >= 0.3 is 23.5 Å². The summed E-state index contributed by atoms with van der Waals surface area (Å²) in [6.45, 7) is 0. The molecule has 0 aromatic heterocycles. The molecular formula is C10H2BrF11S. The number of alkyl halides is 10. The lowest BCUT2D eigenvalue weighted by Gasteiger charge is -2.23. The van der Waals surface area contributed by atoms with E-state index in [9.17, 15) is 48.3 Å². The maximum absolute atomic E-state index is 13.4. The molecule has 1 aromatic rings. The monoisotopic (exact) mass is 442 g/mol. The Kier molecular flexibility index (Phi) is 5.28. The van der Waals surface area contributed by atoms with Gasteiger partial charge in [-0.25, -0.2) is 4.39 Å². The van der Waals surface area contributed by atoms with E-state index in [1.807, 2.05) is 0 Å². The van der Waals surface area contributed by atoms with Crippen molar-refractivity contribution in [3.8, 4) is 0 Å². The van der Waals surface area contributed by atoms with Crippen LogP contribution in [0.3, 0.4) is 0 Å². The lowest BCUT2D eigenvalue weighted by molar-refractivity contribution is -0.289. The summed E-state index contributed by atoms with van der Waals surface area (Å²) < 4.78 is 137. The van der Waals surface area contributed by atoms with Crippen LogP contribution >= 0.6 is 27.7 Å². The van der Waals surface area contributed by atoms with Crippen LogP contribution in [0.2, 0.25) is 0 Å². The molecule has 0 aliphatic heterocycles. The van der Waals surface area contributed by atoms with Crippen molar-refractivity contribution in [3.05, 3.63) is 28.0 Å². The third-order valence-corrected chi connectivity index (χ3v) is 3.96. The molecule has 0 N–H and O–H groups in total. The van der Waals surface area contributed by atoms with Crippen LogP contribution in [-0.4, -0.2) is 17.6 Å². The Labute approximate surface area is 133 Å². The highest BCUT2D eigenvalue weighted by Crippen LogP contribution is 2.51. The Hall–Kier alpha value is -0.720. The highest BCUT2D eigenvalue weighted by molar-refractivity contribution is 9.10. The molecule has 0 unspecified atom stereocenters. The number of rotatable bonds is 3. The quantitative estimate of drug-likeness (QED) is 0.380. The minimum absolute atomic E-state index is 0.00532. The minimum atomic E-state index is -6.12. The molecule has 1 aromatic carbocycles. The molecule has 0 spiro atoms. The van der Waals surface area contributed by atoms with Crippen LogP contribution in [0.5, 0.6) is 0 Å². The molecule has 0 saturated carbocycles. The third-order valence-electron chi connectivity index (χ3n) is 2.28. The molecule has 0 radical (unpaired) electrons. The largest absolute Gasteiger partial charge is 0.464 e. The summed E-state index contributed by atoms with van der Waals surface area (Å²) in [5.41, 5.74) is -1.96. The second-order valence-electron chi connectivity index (χ2n) is 3.95. The van der Waals surface area contributed by atoms with Gasteiger partial charge in [-0.15, -0.1) is 0 Å². The van der Waals surface area contributed by atoms with Crippen LogP contribution in [-0.2, 0) is 5.92 Å². The fourth-order valence-electron chi connectivity index (χ4n) is 1.20. The van der Waals surface area contributed by atoms with Crippen LogP contribution < -0.4 is 0 Å². The Morgan fingerprint density at radius 3 is 1.65 bits per heavy atom. The zero-order chi connectivity index (χ0) is 18.4. The molecule has 0 amide bonds. The standard InChI is InChI=1S/C10H2BrF11S/c11-4-2-6(23-10(21,22)9(18,19)20)5(12)1-3(4)7(13,14)8(15,16)17/h1-2H. The van der Waals surface area contributed by atoms with E-state index in [2.05, 4.69) is 15.9 Å². The first-order chi connectivity index (χ1) is 10.0. The normalized spacial score (nSPS) is 14.3. The summed E-state index contributed by atoms with van der Waals surface area (Å²) in [7, 11) is 0. The lowest BCUT2D eigenvalue weighted by Crippen LogP contribution is -2.34. The molecule has 0 heterocycles. The van der Waals surface area contributed by atoms with E-state index in [-0.39, 0.29) is 6.07 Å². The summed E-state index contributed by atoms with van der Waals surface area (Å²) in [5.74, 6) is -7.62. The molecule has 1 rings (SSSR count). The highest BCUT2D eigenvalue weighted by atomic mass is 79.9. The van der Waals surface area contributed by atoms with Gasteiger partial charge in [-0.1, -0.05) is 15.9 Å². The fourth-order valence-corrected chi connectivity index (χ4v) is 2.67. The Balaban J connectivity index is 3.33. The number of halogens is 12. The van der Waals surface area contributed by atoms with Crippen molar-refractivity contribution in [1.29, 1.82) is 0 Å². The molecule has 0 bridgehead atoms. The topological polar surface area (TPSA) is 0 Å². The Morgan fingerprint density at radius 1 is 0.783 bits per heavy atom. The SMILES string of the molecule is Fc1cc(C(F)(F)C(F)(F)F)c(Br)cc1SC(F)(F)C(F)(F)F. The van der Waals surface area contributed by atoms with E-state index in [1.54, 1.807) is 0 Å². The molecule has 0 aliphatic carbocycles. The summed E-state index contributed by atoms with van der Waals surface area (Å²) in [6, 6.07) is -0.457. The van der Waals surface area contributed by atoms with Gasteiger partial charge in [0.15, 0.2) is 0 Å². The van der Waals surface area contributed by atoms with Gasteiger partial charge in [-0.2, -0.15) is 43.9 Å². The van der Waals surface area contributed by atoms with Crippen molar-refractivity contribution < 1.29 is 48.3 Å². The number of thioether (sulfide) groups is 1. The predicted octanol–water partition coefficient (Wildman–Crippen LogP) is 6.49. The average Bonchev–Trinajstić information content (AvgIpc) is 2.29. The zero-order valence-electron chi connectivity index (χ0n) is 10.1. The van der Waals surface area contributed by atoms with Crippen molar-refractivity contribution in [3.63, 3.8) is 0 Å². The molecule has 23 heavy (non-hydrogen) atoms. The van der Waals surface area contributed by atoms with Crippen LogP contribution in [0.1, 0.15) is 5.56 Å². The van der Waals surface area contributed by atoms with E-state index < -0.39 is 62.1 Å². The zero-order valence-corrected chi connectivity index (χ0v) is 12.5. The summed E-state index contributed by atoms with van der Waals surface area (Å²) in [5, 5.41) is -5.47. The summed E-state index contributed by atoms with van der Waals surface area (Å²) >= 11 is 0.812. The second-order valence-corrected chi connectivity index (χ2v) is 5.96. The van der Waals surface area contributed by atoms with Gasteiger partial charge in [0.2, 0.25) is 0 Å². The maximum Gasteiger partial charge on any atom is 0.464 e. The van der Waals surface area contributed by atoms with Crippen molar-refractivity contribution >= 4 is 27.7 Å². The van der Waals surface area contributed by atoms with Gasteiger partial charge < -0.3 is 0 Å². The summed E-state index contributed by atoms with van der Waals surface area (Å²) in [6.07, 6.45) is -12.2. The first kappa shape index (κ1) is 20.3. The number of hydrogen-bond acceptors (Lipinski definition) is 1. The van der Waals surface area contributed by atoms with Crippen LogP contribution in [0.15, 0.2) is 21.5 Å². The molecule has 132 valence electrons. The average molecular weight is 443 g/mol. The van der Waals surface area contributed by atoms with Crippen molar-refractivity contribution in [1.82, 2.24) is 0 Å². The van der Waals surface area contributed by atoms with E-state index >= 15 is 0 Å². The third kappa shape index (κ3) is 4.03. The van der Waals surface area contributed by atoms with Gasteiger partial charge in [0.25, 0.3) is 0 Å². The van der Waals surface area contributed by atoms with Crippen LogP contribution in [0, 0.1) is 5.82 Å². The van der Waals surface area contributed by atoms with Crippen molar-refractivity contribution in [2.45, 2.75) is 28.4 Å². The molecule has 0 atom stereocenters. The van der Waals surface area contributed by atoms with Crippen molar-refractivity contribution in [2.24, 2.45) is 0 Å². The van der Waals surface area contributed by atoms with Crippen LogP contribution in [0.25, 0.3) is 0 Å². The Bertz CT molecular complexity index is 590. The second kappa shape index (κ2) is 5.97. The molecule has 0 fully saturated rings. The van der Waals surface area contributed by atoms with Crippen LogP contribution in [0.4, 0.5) is 48.3 Å². The molecular weight excluding hydrogens is 441 g/mol. The fraction of sp³-hybridized carbons (Fsp3) is 0.400. The molecule has 0 nitrogen and oxygen atoms in total. The van der Waals surface area contributed by atoms with E-state index in [0.29, 0.717) is 0 Å². The molecule has 0 saturated heterocycles. The van der Waals surface area contributed by atoms with Gasteiger partial charge in [-0.3, -0.25) is 0 Å². The molecule has 0 aliphatic rings. The maximum atomic E-state index is 13.4. The summed E-state index contributed by atoms with van der Waals surface area (Å²) in [4.78, 5) is -1.46. The van der Waals surface area contributed by atoms with E-state index in [1.165, 1.54) is 0 Å². The highest BCUT2D eigenvalue weighted by Gasteiger charge is 2.61. The van der Waals surface area contributed by atoms with Gasteiger partial charge in [-0.05, 0) is 23.9 Å². The van der Waals surface area contributed by atoms with Gasteiger partial charge in [0, 0.05) is 10.0 Å². The first-order valence-electron chi connectivity index (χ1n) is 5.08. The minimum Gasteiger partial charge on any atom is -0.206 e. The Morgan fingerprint density at radius 2 is 1.26 bits per heavy atom. The first-order valence-corrected chi connectivity index (χ1v) is 6.69. The number of benzene rings is 1.